The van der Waals surface area contributed by atoms with Gasteiger partial charge in [-0.25, -0.2) is 0 Å². The molecule has 0 saturated heterocycles. The van der Waals surface area contributed by atoms with Crippen LogP contribution in [0, 0.1) is 11.3 Å². The standard InChI is InChI=1S/C18H17ClN2O3/c1-23-15-6-7-17(24-2)12(9-15)4-8-18(22)21-14-5-3-13(11-20)16(19)10-14/h3,5-7,9-10H,4,8H2,1-2H3,(H,21,22). The Bertz CT molecular complexity index is 784. The van der Waals surface area contributed by atoms with Crippen LogP contribution in [-0.4, -0.2) is 20.1 Å². The summed E-state index contributed by atoms with van der Waals surface area (Å²) in [7, 11) is 3.18. The predicted octanol–water partition coefficient (Wildman–Crippen LogP) is 3.80. The largest absolute Gasteiger partial charge is 0.497 e. The molecule has 0 aliphatic rings. The normalized spacial score (nSPS) is 9.92. The molecule has 0 heterocycles. The molecule has 0 aromatic heterocycles. The van der Waals surface area contributed by atoms with Gasteiger partial charge in [-0.15, -0.1) is 0 Å². The number of hydrogen-bond donors (Lipinski definition) is 1. The number of nitrogens with one attached hydrogen (secondary N) is 1. The van der Waals surface area contributed by atoms with Crippen LogP contribution >= 0.6 is 11.6 Å². The van der Waals surface area contributed by atoms with Crippen molar-refractivity contribution in [3.8, 4) is 17.6 Å². The Balaban J connectivity index is 2.01. The van der Waals surface area contributed by atoms with Crippen LogP contribution in [0.4, 0.5) is 5.69 Å². The van der Waals surface area contributed by atoms with Crippen LogP contribution < -0.4 is 14.8 Å². The van der Waals surface area contributed by atoms with Crippen LogP contribution in [0.2, 0.25) is 5.02 Å². The van der Waals surface area contributed by atoms with Crippen LogP contribution in [0.25, 0.3) is 0 Å². The first-order chi connectivity index (χ1) is 11.6. The number of carbonyl (C=O) groups is 1. The van der Waals surface area contributed by atoms with Crippen LogP contribution in [0.3, 0.4) is 0 Å². The van der Waals surface area contributed by atoms with E-state index in [0.717, 1.165) is 5.56 Å². The van der Waals surface area contributed by atoms with Crippen LogP contribution in [0.15, 0.2) is 36.4 Å². The molecule has 5 nitrogen and oxygen atoms in total. The van der Waals surface area contributed by atoms with E-state index in [1.807, 2.05) is 18.2 Å². The number of ether oxygens (including phenoxy) is 2. The molecule has 24 heavy (non-hydrogen) atoms. The summed E-state index contributed by atoms with van der Waals surface area (Å²) in [6.07, 6.45) is 0.789. The molecule has 0 atom stereocenters. The van der Waals surface area contributed by atoms with Crippen molar-refractivity contribution < 1.29 is 14.3 Å². The smallest absolute Gasteiger partial charge is 0.224 e. The Labute approximate surface area is 145 Å². The highest BCUT2D eigenvalue weighted by Crippen LogP contribution is 2.25. The third-order valence-corrected chi connectivity index (χ3v) is 3.79. The quantitative estimate of drug-likeness (QED) is 0.865. The van der Waals surface area contributed by atoms with E-state index in [1.54, 1.807) is 38.5 Å². The van der Waals surface area contributed by atoms with Crippen molar-refractivity contribution in [2.45, 2.75) is 12.8 Å². The topological polar surface area (TPSA) is 71.3 Å². The summed E-state index contributed by atoms with van der Waals surface area (Å²) >= 11 is 5.95. The molecule has 0 bridgehead atoms. The fraction of sp³-hybridized carbons (Fsp3) is 0.222. The molecule has 0 unspecified atom stereocenters. The van der Waals surface area contributed by atoms with Gasteiger partial charge in [0.25, 0.3) is 0 Å². The van der Waals surface area contributed by atoms with Gasteiger partial charge in [0, 0.05) is 12.1 Å². The second kappa shape index (κ2) is 8.23. The molecule has 124 valence electrons. The number of hydrogen-bond acceptors (Lipinski definition) is 4. The van der Waals surface area contributed by atoms with Crippen LogP contribution in [0.5, 0.6) is 11.5 Å². The first-order valence-corrected chi connectivity index (χ1v) is 7.65. The van der Waals surface area contributed by atoms with Gasteiger partial charge in [-0.1, -0.05) is 11.6 Å². The Kier molecular flexibility index (Phi) is 6.05. The molecule has 1 N–H and O–H groups in total. The molecule has 1 amide bonds. The van der Waals surface area contributed by atoms with E-state index in [1.165, 1.54) is 0 Å². The lowest BCUT2D eigenvalue weighted by Crippen LogP contribution is -2.12. The van der Waals surface area contributed by atoms with E-state index in [2.05, 4.69) is 5.32 Å². The average Bonchev–Trinajstić information content (AvgIpc) is 2.59. The number of benzene rings is 2. The average molecular weight is 345 g/mol. The summed E-state index contributed by atoms with van der Waals surface area (Å²) in [5, 5.41) is 11.9. The van der Waals surface area contributed by atoms with Gasteiger partial charge in [-0.2, -0.15) is 5.26 Å². The van der Waals surface area contributed by atoms with Gasteiger partial charge in [0.05, 0.1) is 24.8 Å². The molecule has 2 aromatic rings. The van der Waals surface area contributed by atoms with Gasteiger partial charge < -0.3 is 14.8 Å². The van der Waals surface area contributed by atoms with Crippen molar-refractivity contribution in [2.24, 2.45) is 0 Å². The minimum absolute atomic E-state index is 0.152. The molecule has 0 spiro atoms. The molecule has 0 aliphatic heterocycles. The number of anilines is 1. The second-order valence-electron chi connectivity index (χ2n) is 5.03. The summed E-state index contributed by atoms with van der Waals surface area (Å²) in [5.74, 6) is 1.27. The van der Waals surface area contributed by atoms with E-state index in [-0.39, 0.29) is 12.3 Å². The maximum atomic E-state index is 12.1. The van der Waals surface area contributed by atoms with Gasteiger partial charge in [0.15, 0.2) is 0 Å². The van der Waals surface area contributed by atoms with Crippen molar-refractivity contribution in [1.82, 2.24) is 0 Å². The van der Waals surface area contributed by atoms with Crippen molar-refractivity contribution in [1.29, 1.82) is 5.26 Å². The molecule has 6 heteroatoms. The highest BCUT2D eigenvalue weighted by atomic mass is 35.5. The van der Waals surface area contributed by atoms with Gasteiger partial charge in [0.1, 0.15) is 17.6 Å². The Morgan fingerprint density at radius 3 is 2.62 bits per heavy atom. The number of methoxy groups -OCH3 is 2. The first kappa shape index (κ1) is 17.6. The number of halogens is 1. The summed E-state index contributed by atoms with van der Waals surface area (Å²) in [6, 6.07) is 12.2. The number of amides is 1. The first-order valence-electron chi connectivity index (χ1n) is 7.27. The third kappa shape index (κ3) is 4.40. The predicted molar refractivity (Wildman–Crippen MR) is 92.7 cm³/mol. The summed E-state index contributed by atoms with van der Waals surface area (Å²) in [5.41, 5.74) is 1.82. The van der Waals surface area contributed by atoms with Crippen LogP contribution in [-0.2, 0) is 11.2 Å². The molecule has 2 rings (SSSR count). The minimum atomic E-state index is -0.152. The summed E-state index contributed by atoms with van der Waals surface area (Å²) < 4.78 is 10.5. The van der Waals surface area contributed by atoms with E-state index in [4.69, 9.17) is 26.3 Å². The molecule has 0 saturated carbocycles. The van der Waals surface area contributed by atoms with E-state index in [0.29, 0.717) is 34.2 Å². The third-order valence-electron chi connectivity index (χ3n) is 3.48. The van der Waals surface area contributed by atoms with E-state index < -0.39 is 0 Å². The van der Waals surface area contributed by atoms with Gasteiger partial charge in [0.2, 0.25) is 5.91 Å². The number of carbonyl (C=O) groups excluding carboxylic acids is 1. The summed E-state index contributed by atoms with van der Waals surface area (Å²) in [4.78, 5) is 12.1. The number of nitrogens with zero attached hydrogens (tertiary/aromatic N) is 1. The monoisotopic (exact) mass is 344 g/mol. The van der Waals surface area contributed by atoms with Gasteiger partial charge in [-0.05, 0) is 48.4 Å². The lowest BCUT2D eigenvalue weighted by molar-refractivity contribution is -0.116. The van der Waals surface area contributed by atoms with E-state index in [9.17, 15) is 4.79 Å². The maximum absolute atomic E-state index is 12.1. The highest BCUT2D eigenvalue weighted by molar-refractivity contribution is 6.32. The molecular formula is C18H17ClN2O3. The Hall–Kier alpha value is -2.71. The maximum Gasteiger partial charge on any atom is 0.224 e. The SMILES string of the molecule is COc1ccc(OC)c(CCC(=O)Nc2ccc(C#N)c(Cl)c2)c1. The fourth-order valence-electron chi connectivity index (χ4n) is 2.23. The Morgan fingerprint density at radius 1 is 1.21 bits per heavy atom. The second-order valence-corrected chi connectivity index (χ2v) is 5.44. The number of nitriles is 1. The van der Waals surface area contributed by atoms with Crippen molar-refractivity contribution in [3.63, 3.8) is 0 Å². The highest BCUT2D eigenvalue weighted by Gasteiger charge is 2.09. The zero-order chi connectivity index (χ0) is 17.5. The number of rotatable bonds is 6. The van der Waals surface area contributed by atoms with E-state index >= 15 is 0 Å². The zero-order valence-corrected chi connectivity index (χ0v) is 14.2. The van der Waals surface area contributed by atoms with Gasteiger partial charge in [-0.3, -0.25) is 4.79 Å². The number of aryl methyl sites for hydroxylation is 1. The van der Waals surface area contributed by atoms with Gasteiger partial charge >= 0.3 is 0 Å². The Morgan fingerprint density at radius 2 is 2.00 bits per heavy atom. The lowest BCUT2D eigenvalue weighted by atomic mass is 10.1. The molecule has 0 fully saturated rings. The minimum Gasteiger partial charge on any atom is -0.497 e. The van der Waals surface area contributed by atoms with Crippen molar-refractivity contribution in [3.05, 3.63) is 52.5 Å². The molecular weight excluding hydrogens is 328 g/mol. The summed E-state index contributed by atoms with van der Waals surface area (Å²) in [6.45, 7) is 0. The lowest BCUT2D eigenvalue weighted by Gasteiger charge is -2.11. The van der Waals surface area contributed by atoms with Crippen molar-refractivity contribution >= 4 is 23.2 Å². The van der Waals surface area contributed by atoms with Crippen LogP contribution in [0.1, 0.15) is 17.5 Å². The molecule has 0 radical (unpaired) electrons. The zero-order valence-electron chi connectivity index (χ0n) is 13.4. The fourth-order valence-corrected chi connectivity index (χ4v) is 2.46. The molecule has 0 aliphatic carbocycles. The molecule has 2 aromatic carbocycles. The van der Waals surface area contributed by atoms with Crippen molar-refractivity contribution in [2.75, 3.05) is 19.5 Å².